The molecular weight excluding hydrogens is 310 g/mol. The van der Waals surface area contributed by atoms with Crippen molar-refractivity contribution >= 4 is 17.3 Å². The van der Waals surface area contributed by atoms with Crippen molar-refractivity contribution in [3.05, 3.63) is 22.6 Å². The number of piperazine rings is 1. The minimum absolute atomic E-state index is 0.00356. The number of rotatable bonds is 3. The van der Waals surface area contributed by atoms with Crippen LogP contribution in [0.3, 0.4) is 0 Å². The highest BCUT2D eigenvalue weighted by Gasteiger charge is 2.34. The molecule has 1 aromatic heterocycles. The smallest absolute Gasteiger partial charge is 0.268 e. The van der Waals surface area contributed by atoms with Crippen LogP contribution in [0.25, 0.3) is 0 Å². The quantitative estimate of drug-likeness (QED) is 0.791. The van der Waals surface area contributed by atoms with E-state index in [1.54, 1.807) is 19.3 Å². The normalized spacial score (nSPS) is 21.0. The highest BCUT2D eigenvalue weighted by atomic mass is 16.6. The first-order chi connectivity index (χ1) is 11.5. The van der Waals surface area contributed by atoms with E-state index in [-0.39, 0.29) is 11.5 Å². The summed E-state index contributed by atoms with van der Waals surface area (Å²) in [5.41, 5.74) is 1.61. The third-order valence-electron chi connectivity index (χ3n) is 4.54. The number of aromatic nitrogens is 2. The minimum Gasteiger partial charge on any atom is -0.382 e. The largest absolute Gasteiger partial charge is 0.382 e. The lowest BCUT2D eigenvalue weighted by molar-refractivity contribution is -0.142. The molecule has 1 unspecified atom stereocenters. The lowest BCUT2D eigenvalue weighted by Gasteiger charge is -2.36. The van der Waals surface area contributed by atoms with Gasteiger partial charge in [-0.2, -0.15) is 5.10 Å². The molecule has 3 rings (SSSR count). The predicted octanol–water partition coefficient (Wildman–Crippen LogP) is 0.230. The second-order valence-corrected chi connectivity index (χ2v) is 6.52. The second kappa shape index (κ2) is 6.62. The summed E-state index contributed by atoms with van der Waals surface area (Å²) in [6.45, 7) is 6.64. The number of amides is 1. The molecule has 0 saturated carbocycles. The second-order valence-electron chi connectivity index (χ2n) is 6.52. The van der Waals surface area contributed by atoms with E-state index in [1.807, 2.05) is 18.7 Å². The number of nitrogens with zero attached hydrogens (tertiary/aromatic N) is 5. The monoisotopic (exact) mass is 333 g/mol. The molecule has 0 spiro atoms. The van der Waals surface area contributed by atoms with Crippen molar-refractivity contribution in [2.75, 3.05) is 31.1 Å². The fourth-order valence-corrected chi connectivity index (χ4v) is 2.89. The van der Waals surface area contributed by atoms with Crippen LogP contribution in [0.1, 0.15) is 20.3 Å². The number of aryl methyl sites for hydroxylation is 1. The van der Waals surface area contributed by atoms with Gasteiger partial charge in [-0.25, -0.2) is 4.68 Å². The van der Waals surface area contributed by atoms with E-state index in [0.29, 0.717) is 38.5 Å². The van der Waals surface area contributed by atoms with E-state index in [1.165, 1.54) is 4.68 Å². The summed E-state index contributed by atoms with van der Waals surface area (Å²) >= 11 is 0. The summed E-state index contributed by atoms with van der Waals surface area (Å²) in [7, 11) is 1.62. The van der Waals surface area contributed by atoms with Gasteiger partial charge in [0.25, 0.3) is 11.5 Å². The van der Waals surface area contributed by atoms with Crippen LogP contribution in [0.4, 0.5) is 5.69 Å². The first-order valence-corrected chi connectivity index (χ1v) is 8.25. The van der Waals surface area contributed by atoms with E-state index >= 15 is 0 Å². The van der Waals surface area contributed by atoms with Crippen LogP contribution < -0.4 is 10.5 Å². The van der Waals surface area contributed by atoms with Gasteiger partial charge in [0.1, 0.15) is 0 Å². The van der Waals surface area contributed by atoms with Gasteiger partial charge in [0.2, 0.25) is 6.10 Å². The van der Waals surface area contributed by atoms with Gasteiger partial charge in [0, 0.05) is 45.7 Å². The number of hydrogen-bond donors (Lipinski definition) is 0. The molecule has 0 N–H and O–H groups in total. The van der Waals surface area contributed by atoms with Crippen molar-refractivity contribution in [1.29, 1.82) is 0 Å². The summed E-state index contributed by atoms with van der Waals surface area (Å²) in [6.07, 6.45) is 1.77. The maximum atomic E-state index is 12.6. The van der Waals surface area contributed by atoms with Crippen LogP contribution in [0.2, 0.25) is 0 Å². The van der Waals surface area contributed by atoms with E-state index in [2.05, 4.69) is 15.2 Å². The van der Waals surface area contributed by atoms with Crippen LogP contribution in [-0.2, 0) is 16.7 Å². The van der Waals surface area contributed by atoms with Crippen molar-refractivity contribution < 1.29 is 9.63 Å². The molecule has 0 radical (unpaired) electrons. The molecule has 2 aliphatic rings. The molecule has 1 amide bonds. The molecule has 1 saturated heterocycles. The lowest BCUT2D eigenvalue weighted by atomic mass is 10.0. The fourth-order valence-electron chi connectivity index (χ4n) is 2.89. The molecule has 2 aliphatic heterocycles. The zero-order valence-corrected chi connectivity index (χ0v) is 14.3. The molecule has 1 fully saturated rings. The zero-order chi connectivity index (χ0) is 17.3. The fraction of sp³-hybridized carbons (Fsp3) is 0.625. The van der Waals surface area contributed by atoms with Crippen molar-refractivity contribution in [2.24, 2.45) is 18.1 Å². The first kappa shape index (κ1) is 16.5. The van der Waals surface area contributed by atoms with Crippen LogP contribution in [0.15, 0.2) is 22.2 Å². The van der Waals surface area contributed by atoms with Crippen LogP contribution >= 0.6 is 0 Å². The topological polar surface area (TPSA) is 80.0 Å². The Morgan fingerprint density at radius 3 is 2.58 bits per heavy atom. The number of carbonyl (C=O) groups excluding carboxylic acids is 1. The summed E-state index contributed by atoms with van der Waals surface area (Å²) in [5.74, 6) is 0.295. The van der Waals surface area contributed by atoms with Crippen LogP contribution in [0.5, 0.6) is 0 Å². The van der Waals surface area contributed by atoms with Crippen molar-refractivity contribution in [3.63, 3.8) is 0 Å². The van der Waals surface area contributed by atoms with E-state index in [9.17, 15) is 9.59 Å². The first-order valence-electron chi connectivity index (χ1n) is 8.25. The van der Waals surface area contributed by atoms with Crippen molar-refractivity contribution in [3.8, 4) is 0 Å². The molecular formula is C16H23N5O3. The number of hydrogen-bond acceptors (Lipinski definition) is 6. The maximum Gasteiger partial charge on any atom is 0.268 e. The van der Waals surface area contributed by atoms with Gasteiger partial charge >= 0.3 is 0 Å². The van der Waals surface area contributed by atoms with Crippen molar-refractivity contribution in [1.82, 2.24) is 14.7 Å². The lowest BCUT2D eigenvalue weighted by Crippen LogP contribution is -2.51. The molecule has 130 valence electrons. The predicted molar refractivity (Wildman–Crippen MR) is 90.0 cm³/mol. The number of carbonyl (C=O) groups is 1. The van der Waals surface area contributed by atoms with Gasteiger partial charge in [-0.1, -0.05) is 19.0 Å². The average Bonchev–Trinajstić information content (AvgIpc) is 3.07. The van der Waals surface area contributed by atoms with Gasteiger partial charge in [-0.3, -0.25) is 9.59 Å². The zero-order valence-electron chi connectivity index (χ0n) is 14.3. The number of oxime groups is 1. The van der Waals surface area contributed by atoms with Crippen LogP contribution in [-0.4, -0.2) is 58.6 Å². The summed E-state index contributed by atoms with van der Waals surface area (Å²) in [5, 5.41) is 8.07. The van der Waals surface area contributed by atoms with Gasteiger partial charge in [0.05, 0.1) is 17.6 Å². The van der Waals surface area contributed by atoms with Gasteiger partial charge in [-0.05, 0) is 5.92 Å². The molecule has 8 nitrogen and oxygen atoms in total. The molecule has 1 aromatic rings. The summed E-state index contributed by atoms with van der Waals surface area (Å²) in [6, 6.07) is 1.58. The maximum absolute atomic E-state index is 12.6. The standard InChI is InChI=1S/C16H23N5O3/c1-11(2)13-9-14(24-18-13)16(23)21-6-4-20(5-7-21)12-8-15(22)19(3)17-10-12/h8,10-11,14H,4-7,9H2,1-3H3. The van der Waals surface area contributed by atoms with Gasteiger partial charge < -0.3 is 14.6 Å². The highest BCUT2D eigenvalue weighted by Crippen LogP contribution is 2.20. The van der Waals surface area contributed by atoms with Crippen molar-refractivity contribution in [2.45, 2.75) is 26.4 Å². The van der Waals surface area contributed by atoms with E-state index < -0.39 is 6.10 Å². The third-order valence-corrected chi connectivity index (χ3v) is 4.54. The SMILES string of the molecule is CC(C)C1=NOC(C(=O)N2CCN(c3cnn(C)c(=O)c3)CC2)C1. The Balaban J connectivity index is 1.56. The third kappa shape index (κ3) is 3.27. The molecule has 0 bridgehead atoms. The Morgan fingerprint density at radius 2 is 2.00 bits per heavy atom. The van der Waals surface area contributed by atoms with Gasteiger partial charge in [-0.15, -0.1) is 0 Å². The Morgan fingerprint density at radius 1 is 1.29 bits per heavy atom. The van der Waals surface area contributed by atoms with Gasteiger partial charge in [0.15, 0.2) is 0 Å². The highest BCUT2D eigenvalue weighted by molar-refractivity contribution is 5.93. The molecule has 0 aliphatic carbocycles. The molecule has 3 heterocycles. The number of anilines is 1. The average molecular weight is 333 g/mol. The molecule has 0 aromatic carbocycles. The Kier molecular flexibility index (Phi) is 4.55. The molecule has 24 heavy (non-hydrogen) atoms. The summed E-state index contributed by atoms with van der Waals surface area (Å²) in [4.78, 5) is 33.4. The minimum atomic E-state index is -0.486. The Hall–Kier alpha value is -2.38. The molecule has 1 atom stereocenters. The van der Waals surface area contributed by atoms with E-state index in [4.69, 9.17) is 4.84 Å². The molecule has 8 heteroatoms. The summed E-state index contributed by atoms with van der Waals surface area (Å²) < 4.78 is 1.30. The van der Waals surface area contributed by atoms with Crippen LogP contribution in [0, 0.1) is 5.92 Å². The van der Waals surface area contributed by atoms with E-state index in [0.717, 1.165) is 11.4 Å². The Bertz CT molecular complexity index is 704. The Labute approximate surface area is 140 Å².